The van der Waals surface area contributed by atoms with Crippen molar-refractivity contribution in [2.45, 2.75) is 0 Å². The molecule has 0 aliphatic carbocycles. The van der Waals surface area contributed by atoms with Crippen molar-refractivity contribution in [1.82, 2.24) is 10.2 Å². The van der Waals surface area contributed by atoms with Gasteiger partial charge in [0, 0.05) is 5.56 Å². The van der Waals surface area contributed by atoms with E-state index < -0.39 is 0 Å². The van der Waals surface area contributed by atoms with Gasteiger partial charge in [-0.05, 0) is 40.8 Å². The monoisotopic (exact) mass is 332 g/mol. The van der Waals surface area contributed by atoms with E-state index in [1.807, 2.05) is 18.2 Å². The zero-order valence-corrected chi connectivity index (χ0v) is 10.4. The van der Waals surface area contributed by atoms with Crippen LogP contribution in [0.4, 0.5) is 0 Å². The Morgan fingerprint density at radius 3 is 2.87 bits per heavy atom. The number of hydrogen-bond donors (Lipinski definition) is 0. The molecule has 0 bridgehead atoms. The highest BCUT2D eigenvalue weighted by Crippen LogP contribution is 2.36. The molecule has 0 saturated heterocycles. The second-order valence-electron chi connectivity index (χ2n) is 2.93. The van der Waals surface area contributed by atoms with Crippen LogP contribution in [0.5, 0.6) is 11.5 Å². The Kier molecular flexibility index (Phi) is 2.24. The maximum atomic E-state index is 5.30. The van der Waals surface area contributed by atoms with Gasteiger partial charge in [0.05, 0.1) is 0 Å². The van der Waals surface area contributed by atoms with E-state index in [1.165, 1.54) is 0 Å². The normalized spacial score (nSPS) is 13.1. The average Bonchev–Trinajstić information content (AvgIpc) is 2.84. The van der Waals surface area contributed by atoms with E-state index in [-0.39, 0.29) is 0 Å². The predicted octanol–water partition coefficient (Wildman–Crippen LogP) is 2.54. The zero-order chi connectivity index (χ0) is 10.3. The van der Waals surface area contributed by atoms with Crippen molar-refractivity contribution in [1.29, 1.82) is 0 Å². The minimum Gasteiger partial charge on any atom is -0.454 e. The van der Waals surface area contributed by atoms with Crippen LogP contribution in [0.1, 0.15) is 0 Å². The molecule has 76 valence electrons. The number of fused-ring (bicyclic) bond motifs is 1. The predicted molar refractivity (Wildman–Crippen MR) is 64.2 cm³/mol. The van der Waals surface area contributed by atoms with Gasteiger partial charge in [-0.2, -0.15) is 0 Å². The van der Waals surface area contributed by atoms with E-state index in [9.17, 15) is 0 Å². The third-order valence-electron chi connectivity index (χ3n) is 2.02. The fourth-order valence-electron chi connectivity index (χ4n) is 1.35. The SMILES string of the molecule is Ic1nnc(-c2ccc3c(c2)OCO3)s1. The van der Waals surface area contributed by atoms with Gasteiger partial charge in [0.25, 0.3) is 0 Å². The van der Waals surface area contributed by atoms with Crippen LogP contribution < -0.4 is 9.47 Å². The molecule has 1 aliphatic rings. The van der Waals surface area contributed by atoms with Gasteiger partial charge < -0.3 is 9.47 Å². The van der Waals surface area contributed by atoms with Crippen LogP contribution in [0.15, 0.2) is 18.2 Å². The van der Waals surface area contributed by atoms with Crippen molar-refractivity contribution in [2.75, 3.05) is 6.79 Å². The van der Waals surface area contributed by atoms with Crippen molar-refractivity contribution in [2.24, 2.45) is 0 Å². The largest absolute Gasteiger partial charge is 0.454 e. The first-order valence-electron chi connectivity index (χ1n) is 4.22. The summed E-state index contributed by atoms with van der Waals surface area (Å²) in [5.41, 5.74) is 1.01. The summed E-state index contributed by atoms with van der Waals surface area (Å²) < 4.78 is 11.5. The minimum atomic E-state index is 0.298. The minimum absolute atomic E-state index is 0.298. The molecule has 1 aliphatic heterocycles. The van der Waals surface area contributed by atoms with Gasteiger partial charge in [0.2, 0.25) is 6.79 Å². The number of halogens is 1. The summed E-state index contributed by atoms with van der Waals surface area (Å²) in [6.45, 7) is 0.298. The molecule has 0 radical (unpaired) electrons. The molecule has 2 aromatic rings. The summed E-state index contributed by atoms with van der Waals surface area (Å²) in [4.78, 5) is 0. The Morgan fingerprint density at radius 2 is 2.07 bits per heavy atom. The van der Waals surface area contributed by atoms with Gasteiger partial charge in [-0.3, -0.25) is 0 Å². The van der Waals surface area contributed by atoms with Crippen molar-refractivity contribution in [3.8, 4) is 22.1 Å². The van der Waals surface area contributed by atoms with Gasteiger partial charge in [-0.15, -0.1) is 10.2 Å². The summed E-state index contributed by atoms with van der Waals surface area (Å²) in [6, 6.07) is 5.79. The molecule has 4 nitrogen and oxygen atoms in total. The number of ether oxygens (including phenoxy) is 2. The third-order valence-corrected chi connectivity index (χ3v) is 3.66. The summed E-state index contributed by atoms with van der Waals surface area (Å²) >= 11 is 3.71. The van der Waals surface area contributed by atoms with E-state index in [0.29, 0.717) is 6.79 Å². The molecule has 2 heterocycles. The van der Waals surface area contributed by atoms with Crippen LogP contribution in [0.2, 0.25) is 0 Å². The van der Waals surface area contributed by atoms with Crippen molar-refractivity contribution >= 4 is 33.9 Å². The molecule has 0 N–H and O–H groups in total. The molecule has 15 heavy (non-hydrogen) atoms. The highest BCUT2D eigenvalue weighted by Gasteiger charge is 2.15. The third kappa shape index (κ3) is 1.67. The van der Waals surface area contributed by atoms with Crippen LogP contribution in [-0.4, -0.2) is 17.0 Å². The van der Waals surface area contributed by atoms with Crippen LogP contribution in [0.3, 0.4) is 0 Å². The number of hydrogen-bond acceptors (Lipinski definition) is 5. The first-order chi connectivity index (χ1) is 7.33. The summed E-state index contributed by atoms with van der Waals surface area (Å²) in [7, 11) is 0. The van der Waals surface area contributed by atoms with Crippen LogP contribution >= 0.6 is 33.9 Å². The Balaban J connectivity index is 2.06. The lowest BCUT2D eigenvalue weighted by Gasteiger charge is -1.97. The number of rotatable bonds is 1. The Morgan fingerprint density at radius 1 is 1.20 bits per heavy atom. The summed E-state index contributed by atoms with van der Waals surface area (Å²) in [6.07, 6.45) is 0. The zero-order valence-electron chi connectivity index (χ0n) is 7.44. The molecule has 3 rings (SSSR count). The molecule has 0 amide bonds. The van der Waals surface area contributed by atoms with E-state index in [2.05, 4.69) is 32.8 Å². The van der Waals surface area contributed by atoms with Crippen LogP contribution in [0, 0.1) is 3.01 Å². The number of aromatic nitrogens is 2. The summed E-state index contributed by atoms with van der Waals surface area (Å²) in [5, 5.41) is 8.95. The van der Waals surface area contributed by atoms with Gasteiger partial charge in [0.1, 0.15) is 5.01 Å². The molecular weight excluding hydrogens is 327 g/mol. The topological polar surface area (TPSA) is 44.2 Å². The van der Waals surface area contributed by atoms with Gasteiger partial charge in [0.15, 0.2) is 14.5 Å². The number of nitrogens with zero attached hydrogens (tertiary/aromatic N) is 2. The second-order valence-corrected chi connectivity index (χ2v) is 5.66. The Labute approximate surface area is 103 Å². The lowest BCUT2D eigenvalue weighted by Crippen LogP contribution is -1.92. The highest BCUT2D eigenvalue weighted by atomic mass is 127. The highest BCUT2D eigenvalue weighted by molar-refractivity contribution is 14.1. The van der Waals surface area contributed by atoms with Gasteiger partial charge in [-0.25, -0.2) is 0 Å². The lowest BCUT2D eigenvalue weighted by atomic mass is 10.2. The van der Waals surface area contributed by atoms with E-state index in [0.717, 1.165) is 25.1 Å². The van der Waals surface area contributed by atoms with Crippen molar-refractivity contribution in [3.05, 3.63) is 21.2 Å². The molecule has 0 spiro atoms. The Hall–Kier alpha value is -0.890. The molecule has 6 heteroatoms. The van der Waals surface area contributed by atoms with Crippen LogP contribution in [0.25, 0.3) is 10.6 Å². The molecule has 0 atom stereocenters. The number of benzene rings is 1. The van der Waals surface area contributed by atoms with E-state index in [4.69, 9.17) is 9.47 Å². The van der Waals surface area contributed by atoms with E-state index >= 15 is 0 Å². The fraction of sp³-hybridized carbons (Fsp3) is 0.111. The molecule has 0 unspecified atom stereocenters. The maximum Gasteiger partial charge on any atom is 0.231 e. The fourth-order valence-corrected chi connectivity index (χ4v) is 2.65. The smallest absolute Gasteiger partial charge is 0.231 e. The molecule has 1 aromatic heterocycles. The van der Waals surface area contributed by atoms with E-state index in [1.54, 1.807) is 11.3 Å². The average molecular weight is 332 g/mol. The first kappa shape index (κ1) is 9.34. The summed E-state index contributed by atoms with van der Waals surface area (Å²) in [5.74, 6) is 1.57. The maximum absolute atomic E-state index is 5.30. The van der Waals surface area contributed by atoms with Crippen LogP contribution in [-0.2, 0) is 0 Å². The molecule has 1 aromatic carbocycles. The van der Waals surface area contributed by atoms with Gasteiger partial charge >= 0.3 is 0 Å². The standard InChI is InChI=1S/C9H5IN2O2S/c10-9-12-11-8(15-9)5-1-2-6-7(3-5)14-4-13-6/h1-3H,4H2. The Bertz CT molecular complexity index is 515. The van der Waals surface area contributed by atoms with Gasteiger partial charge in [-0.1, -0.05) is 11.3 Å². The van der Waals surface area contributed by atoms with Crippen molar-refractivity contribution < 1.29 is 9.47 Å². The molecule has 0 fully saturated rings. The molecule has 0 saturated carbocycles. The van der Waals surface area contributed by atoms with Crippen molar-refractivity contribution in [3.63, 3.8) is 0 Å². The first-order valence-corrected chi connectivity index (χ1v) is 6.11. The quantitative estimate of drug-likeness (QED) is 0.753. The second kappa shape index (κ2) is 3.60. The lowest BCUT2D eigenvalue weighted by molar-refractivity contribution is 0.174. The molecular formula is C9H5IN2O2S.